The normalized spacial score (nSPS) is 11.5. The molecule has 0 saturated heterocycles. The van der Waals surface area contributed by atoms with Gasteiger partial charge >= 0.3 is 0 Å². The quantitative estimate of drug-likeness (QED) is 0.823. The molecule has 0 bridgehead atoms. The van der Waals surface area contributed by atoms with E-state index in [0.29, 0.717) is 0 Å². The van der Waals surface area contributed by atoms with Crippen LogP contribution < -0.4 is 10.1 Å². The molecule has 0 radical (unpaired) electrons. The molecular formula is C13H21NO. The zero-order chi connectivity index (χ0) is 11.5. The van der Waals surface area contributed by atoms with Crippen molar-refractivity contribution in [1.29, 1.82) is 0 Å². The van der Waals surface area contributed by atoms with Crippen molar-refractivity contribution in [2.24, 2.45) is 0 Å². The second-order valence-electron chi connectivity index (χ2n) is 4.91. The summed E-state index contributed by atoms with van der Waals surface area (Å²) in [5.41, 5.74) is 2.59. The molecule has 0 aromatic heterocycles. The van der Waals surface area contributed by atoms with Gasteiger partial charge in [-0.25, -0.2) is 0 Å². The van der Waals surface area contributed by atoms with E-state index in [9.17, 15) is 0 Å². The third-order valence-electron chi connectivity index (χ3n) is 2.30. The molecule has 0 aliphatic heterocycles. The van der Waals surface area contributed by atoms with E-state index in [2.05, 4.69) is 51.2 Å². The Kier molecular flexibility index (Phi) is 3.75. The van der Waals surface area contributed by atoms with E-state index < -0.39 is 0 Å². The number of ether oxygens (including phenoxy) is 1. The van der Waals surface area contributed by atoms with E-state index >= 15 is 0 Å². The Balaban J connectivity index is 2.70. The van der Waals surface area contributed by atoms with Crippen LogP contribution >= 0.6 is 0 Å². The van der Waals surface area contributed by atoms with Gasteiger partial charge in [0.05, 0.1) is 7.11 Å². The summed E-state index contributed by atoms with van der Waals surface area (Å²) < 4.78 is 5.29. The highest BCUT2D eigenvalue weighted by Gasteiger charge is 2.08. The molecule has 1 rings (SSSR count). The number of rotatable bonds is 3. The molecule has 2 heteroatoms. The lowest BCUT2D eigenvalue weighted by Crippen LogP contribution is -2.35. The Morgan fingerprint density at radius 1 is 1.27 bits per heavy atom. The number of hydrogen-bond donors (Lipinski definition) is 1. The van der Waals surface area contributed by atoms with Gasteiger partial charge in [0.2, 0.25) is 0 Å². The standard InChI is InChI=1S/C13H21NO/c1-10-6-7-11(8-12(10)15-5)9-14-13(2,3)4/h6-8,14H,9H2,1-5H3. The Morgan fingerprint density at radius 2 is 1.93 bits per heavy atom. The van der Waals surface area contributed by atoms with Gasteiger partial charge in [-0.05, 0) is 44.9 Å². The molecule has 0 aliphatic carbocycles. The Labute approximate surface area is 92.6 Å². The summed E-state index contributed by atoms with van der Waals surface area (Å²) in [7, 11) is 1.71. The van der Waals surface area contributed by atoms with Crippen LogP contribution in [0.3, 0.4) is 0 Å². The third kappa shape index (κ3) is 3.92. The zero-order valence-corrected chi connectivity index (χ0v) is 10.3. The second-order valence-corrected chi connectivity index (χ2v) is 4.91. The van der Waals surface area contributed by atoms with Crippen molar-refractivity contribution in [3.8, 4) is 5.75 Å². The molecule has 84 valence electrons. The number of hydrogen-bond acceptors (Lipinski definition) is 2. The molecule has 0 atom stereocenters. The molecule has 15 heavy (non-hydrogen) atoms. The fraction of sp³-hybridized carbons (Fsp3) is 0.538. The summed E-state index contributed by atoms with van der Waals surface area (Å²) in [5, 5.41) is 3.45. The Hall–Kier alpha value is -1.02. The van der Waals surface area contributed by atoms with Crippen molar-refractivity contribution in [3.05, 3.63) is 29.3 Å². The summed E-state index contributed by atoms with van der Waals surface area (Å²) >= 11 is 0. The van der Waals surface area contributed by atoms with Crippen LogP contribution in [0.1, 0.15) is 31.9 Å². The van der Waals surface area contributed by atoms with E-state index in [1.54, 1.807) is 7.11 Å². The first-order valence-corrected chi connectivity index (χ1v) is 5.31. The number of aryl methyl sites for hydroxylation is 1. The highest BCUT2D eigenvalue weighted by Crippen LogP contribution is 2.19. The average Bonchev–Trinajstić information content (AvgIpc) is 2.15. The lowest BCUT2D eigenvalue weighted by Gasteiger charge is -2.20. The van der Waals surface area contributed by atoms with Gasteiger partial charge in [-0.2, -0.15) is 0 Å². The topological polar surface area (TPSA) is 21.3 Å². The summed E-state index contributed by atoms with van der Waals surface area (Å²) in [5.74, 6) is 0.961. The van der Waals surface area contributed by atoms with Gasteiger partial charge in [0.15, 0.2) is 0 Å². The Bertz CT molecular complexity index is 326. The maximum atomic E-state index is 5.29. The van der Waals surface area contributed by atoms with Crippen LogP contribution in [0.2, 0.25) is 0 Å². The van der Waals surface area contributed by atoms with Crippen molar-refractivity contribution in [1.82, 2.24) is 5.32 Å². The van der Waals surface area contributed by atoms with Crippen LogP contribution in [-0.4, -0.2) is 12.6 Å². The first-order chi connectivity index (χ1) is 6.92. The Morgan fingerprint density at radius 3 is 2.47 bits per heavy atom. The van der Waals surface area contributed by atoms with E-state index in [1.165, 1.54) is 11.1 Å². The van der Waals surface area contributed by atoms with Gasteiger partial charge in [0, 0.05) is 12.1 Å². The lowest BCUT2D eigenvalue weighted by atomic mass is 10.1. The van der Waals surface area contributed by atoms with Crippen LogP contribution in [-0.2, 0) is 6.54 Å². The predicted octanol–water partition coefficient (Wildman–Crippen LogP) is 2.89. The molecule has 0 amide bonds. The van der Waals surface area contributed by atoms with Gasteiger partial charge in [0.25, 0.3) is 0 Å². The predicted molar refractivity (Wildman–Crippen MR) is 64.3 cm³/mol. The van der Waals surface area contributed by atoms with E-state index in [1.807, 2.05) is 0 Å². The molecule has 0 unspecified atom stereocenters. The molecule has 1 aromatic rings. The van der Waals surface area contributed by atoms with Gasteiger partial charge in [0.1, 0.15) is 5.75 Å². The molecule has 0 spiro atoms. The summed E-state index contributed by atoms with van der Waals surface area (Å²) in [6, 6.07) is 6.32. The van der Waals surface area contributed by atoms with E-state index in [-0.39, 0.29) is 5.54 Å². The highest BCUT2D eigenvalue weighted by atomic mass is 16.5. The van der Waals surface area contributed by atoms with Crippen molar-refractivity contribution in [2.75, 3.05) is 7.11 Å². The van der Waals surface area contributed by atoms with Crippen LogP contribution in [0, 0.1) is 6.92 Å². The summed E-state index contributed by atoms with van der Waals surface area (Å²) in [6.07, 6.45) is 0. The largest absolute Gasteiger partial charge is 0.496 e. The van der Waals surface area contributed by atoms with Gasteiger partial charge in [-0.1, -0.05) is 12.1 Å². The average molecular weight is 207 g/mol. The highest BCUT2D eigenvalue weighted by molar-refractivity contribution is 5.36. The summed E-state index contributed by atoms with van der Waals surface area (Å²) in [4.78, 5) is 0. The monoisotopic (exact) mass is 207 g/mol. The first-order valence-electron chi connectivity index (χ1n) is 5.31. The minimum atomic E-state index is 0.151. The molecule has 0 aliphatic rings. The first kappa shape index (κ1) is 12.1. The van der Waals surface area contributed by atoms with Crippen molar-refractivity contribution < 1.29 is 4.74 Å². The van der Waals surface area contributed by atoms with Gasteiger partial charge in [-0.3, -0.25) is 0 Å². The van der Waals surface area contributed by atoms with Gasteiger partial charge in [-0.15, -0.1) is 0 Å². The lowest BCUT2D eigenvalue weighted by molar-refractivity contribution is 0.407. The molecule has 0 fully saturated rings. The zero-order valence-electron chi connectivity index (χ0n) is 10.3. The van der Waals surface area contributed by atoms with Crippen molar-refractivity contribution in [2.45, 2.75) is 39.8 Å². The molecule has 1 aromatic carbocycles. The number of nitrogens with one attached hydrogen (secondary N) is 1. The fourth-order valence-electron chi connectivity index (χ4n) is 1.34. The smallest absolute Gasteiger partial charge is 0.122 e. The molecule has 1 N–H and O–H groups in total. The van der Waals surface area contributed by atoms with Gasteiger partial charge < -0.3 is 10.1 Å². The minimum absolute atomic E-state index is 0.151. The van der Waals surface area contributed by atoms with Crippen molar-refractivity contribution >= 4 is 0 Å². The SMILES string of the molecule is COc1cc(CNC(C)(C)C)ccc1C. The van der Waals surface area contributed by atoms with E-state index in [0.717, 1.165) is 12.3 Å². The van der Waals surface area contributed by atoms with Crippen LogP contribution in [0.5, 0.6) is 5.75 Å². The fourth-order valence-corrected chi connectivity index (χ4v) is 1.34. The van der Waals surface area contributed by atoms with Crippen LogP contribution in [0.4, 0.5) is 0 Å². The minimum Gasteiger partial charge on any atom is -0.496 e. The molecule has 0 heterocycles. The third-order valence-corrected chi connectivity index (χ3v) is 2.30. The number of benzene rings is 1. The van der Waals surface area contributed by atoms with Crippen LogP contribution in [0.15, 0.2) is 18.2 Å². The molecule has 0 saturated carbocycles. The second kappa shape index (κ2) is 4.67. The van der Waals surface area contributed by atoms with E-state index in [4.69, 9.17) is 4.74 Å². The van der Waals surface area contributed by atoms with Crippen molar-refractivity contribution in [3.63, 3.8) is 0 Å². The summed E-state index contributed by atoms with van der Waals surface area (Å²) in [6.45, 7) is 9.43. The molecular weight excluding hydrogens is 186 g/mol. The maximum Gasteiger partial charge on any atom is 0.122 e. The number of methoxy groups -OCH3 is 1. The maximum absolute atomic E-state index is 5.29. The molecule has 2 nitrogen and oxygen atoms in total. The van der Waals surface area contributed by atoms with Crippen LogP contribution in [0.25, 0.3) is 0 Å².